The third kappa shape index (κ3) is 3.33. The number of likely N-dealkylation sites (tertiary alicyclic amines) is 1. The number of carbonyl (C=O) groups is 1. The van der Waals surface area contributed by atoms with E-state index >= 15 is 0 Å². The molecule has 2 aliphatic heterocycles. The molecule has 3 rings (SSSR count). The fourth-order valence-corrected chi connectivity index (χ4v) is 4.30. The van der Waals surface area contributed by atoms with Crippen molar-refractivity contribution in [3.63, 3.8) is 0 Å². The number of hydrogen-bond donors (Lipinski definition) is 0. The average molecular weight is 355 g/mol. The maximum atomic E-state index is 13.8. The lowest BCUT2D eigenvalue weighted by Gasteiger charge is -2.49. The number of piperidine rings is 1. The van der Waals surface area contributed by atoms with Crippen LogP contribution in [-0.2, 0) is 4.79 Å². The molecule has 0 bridgehead atoms. The summed E-state index contributed by atoms with van der Waals surface area (Å²) in [5, 5.41) is 9.22. The van der Waals surface area contributed by atoms with Crippen molar-refractivity contribution < 1.29 is 9.18 Å². The van der Waals surface area contributed by atoms with E-state index in [-0.39, 0.29) is 35.3 Å². The van der Waals surface area contributed by atoms with Crippen LogP contribution in [0.2, 0.25) is 0 Å². The van der Waals surface area contributed by atoms with Gasteiger partial charge in [-0.15, -0.1) is 0 Å². The molecule has 4 nitrogen and oxygen atoms in total. The average Bonchev–Trinajstić information content (AvgIpc) is 2.58. The number of carbonyl (C=O) groups excluding carboxylic acids is 1. The van der Waals surface area contributed by atoms with Crippen LogP contribution in [0.4, 0.5) is 4.39 Å². The number of hydrogen-bond acceptors (Lipinski definition) is 3. The van der Waals surface area contributed by atoms with Crippen LogP contribution in [0.25, 0.3) is 0 Å². The van der Waals surface area contributed by atoms with Crippen LogP contribution >= 0.6 is 0 Å². The Bertz CT molecular complexity index is 769. The highest BCUT2D eigenvalue weighted by Crippen LogP contribution is 2.38. The molecule has 0 aromatic carbocycles. The lowest BCUT2D eigenvalue weighted by molar-refractivity contribution is -0.135. The molecule has 0 aromatic heterocycles. The zero-order valence-electron chi connectivity index (χ0n) is 15.9. The number of nitriles is 1. The summed E-state index contributed by atoms with van der Waals surface area (Å²) < 4.78 is 13.8. The Kier molecular flexibility index (Phi) is 4.79. The highest BCUT2D eigenvalue weighted by Gasteiger charge is 2.41. The molecular formula is C21H26FN3O. The number of rotatable bonds is 2. The highest BCUT2D eigenvalue weighted by atomic mass is 19.1. The van der Waals surface area contributed by atoms with Crippen molar-refractivity contribution in [3.8, 4) is 6.07 Å². The van der Waals surface area contributed by atoms with Crippen LogP contribution in [0.3, 0.4) is 0 Å². The maximum absolute atomic E-state index is 13.8. The Labute approximate surface area is 155 Å². The van der Waals surface area contributed by atoms with Crippen molar-refractivity contribution in [2.45, 2.75) is 58.2 Å². The summed E-state index contributed by atoms with van der Waals surface area (Å²) in [5.41, 5.74) is 1.53. The maximum Gasteiger partial charge on any atom is 0.220 e. The van der Waals surface area contributed by atoms with Gasteiger partial charge in [-0.25, -0.2) is 4.39 Å². The van der Waals surface area contributed by atoms with E-state index in [9.17, 15) is 14.4 Å². The fraction of sp³-hybridized carbons (Fsp3) is 0.524. The standard InChI is InChI=1S/C21H26FN3O/c1-14-18(12-24-13-19(22)7-8-21(24,3)4)10-17-9-16(11-23)5-6-20(17)25(14)15(2)26/h5,7-9,13-14,18,20H,6,10,12H2,1-4H3/t14-,18-,20?/m0/s1. The molecule has 5 heteroatoms. The van der Waals surface area contributed by atoms with Gasteiger partial charge in [0.05, 0.1) is 17.6 Å². The van der Waals surface area contributed by atoms with Gasteiger partial charge in [0.25, 0.3) is 0 Å². The van der Waals surface area contributed by atoms with Crippen molar-refractivity contribution in [1.29, 1.82) is 5.26 Å². The Morgan fingerprint density at radius 2 is 2.19 bits per heavy atom. The van der Waals surface area contributed by atoms with Crippen LogP contribution < -0.4 is 0 Å². The van der Waals surface area contributed by atoms with Crippen molar-refractivity contribution >= 4 is 5.91 Å². The number of nitrogens with zero attached hydrogens (tertiary/aromatic N) is 3. The predicted octanol–water partition coefficient (Wildman–Crippen LogP) is 3.85. The Balaban J connectivity index is 1.89. The lowest BCUT2D eigenvalue weighted by Crippen LogP contribution is -2.56. The third-order valence-corrected chi connectivity index (χ3v) is 5.88. The van der Waals surface area contributed by atoms with Gasteiger partial charge in [0.2, 0.25) is 5.91 Å². The van der Waals surface area contributed by atoms with E-state index in [4.69, 9.17) is 0 Å². The SMILES string of the molecule is CC(=O)N1C2CC=C(C#N)C=C2C[C@@H](CN2C=C(F)C=CC2(C)C)[C@@H]1C. The molecule has 1 saturated heterocycles. The van der Waals surface area contributed by atoms with Gasteiger partial charge in [0, 0.05) is 37.2 Å². The molecule has 0 N–H and O–H groups in total. The minimum absolute atomic E-state index is 0.0393. The van der Waals surface area contributed by atoms with Gasteiger partial charge >= 0.3 is 0 Å². The molecule has 138 valence electrons. The molecular weight excluding hydrogens is 329 g/mol. The third-order valence-electron chi connectivity index (χ3n) is 5.88. The van der Waals surface area contributed by atoms with Crippen LogP contribution in [0.15, 0.2) is 47.5 Å². The summed E-state index contributed by atoms with van der Waals surface area (Å²) in [6.07, 6.45) is 10.3. The summed E-state index contributed by atoms with van der Waals surface area (Å²) in [6.45, 7) is 8.46. The molecule has 0 spiro atoms. The van der Waals surface area contributed by atoms with Crippen molar-refractivity contribution in [1.82, 2.24) is 9.80 Å². The first-order chi connectivity index (χ1) is 12.2. The van der Waals surface area contributed by atoms with Crippen LogP contribution in [0.5, 0.6) is 0 Å². The quantitative estimate of drug-likeness (QED) is 0.756. The molecule has 0 radical (unpaired) electrons. The van der Waals surface area contributed by atoms with Crippen molar-refractivity contribution in [2.24, 2.45) is 5.92 Å². The molecule has 3 aliphatic rings. The topological polar surface area (TPSA) is 47.3 Å². The smallest absolute Gasteiger partial charge is 0.220 e. The predicted molar refractivity (Wildman–Crippen MR) is 99.4 cm³/mol. The second kappa shape index (κ2) is 6.75. The monoisotopic (exact) mass is 355 g/mol. The lowest BCUT2D eigenvalue weighted by atomic mass is 9.78. The summed E-state index contributed by atoms with van der Waals surface area (Å²) in [6, 6.07) is 2.31. The number of halogens is 1. The van der Waals surface area contributed by atoms with E-state index in [0.717, 1.165) is 12.0 Å². The van der Waals surface area contributed by atoms with Gasteiger partial charge < -0.3 is 9.80 Å². The second-order valence-corrected chi connectivity index (χ2v) is 8.03. The van der Waals surface area contributed by atoms with E-state index in [0.29, 0.717) is 18.5 Å². The fourth-order valence-electron chi connectivity index (χ4n) is 4.30. The molecule has 26 heavy (non-hydrogen) atoms. The molecule has 2 heterocycles. The molecule has 1 fully saturated rings. The minimum Gasteiger partial charge on any atom is -0.366 e. The van der Waals surface area contributed by atoms with Gasteiger partial charge in [-0.2, -0.15) is 5.26 Å². The summed E-state index contributed by atoms with van der Waals surface area (Å²) in [7, 11) is 0. The molecule has 1 unspecified atom stereocenters. The molecule has 3 atom stereocenters. The highest BCUT2D eigenvalue weighted by molar-refractivity contribution is 5.75. The van der Waals surface area contributed by atoms with Crippen LogP contribution in [0.1, 0.15) is 40.5 Å². The largest absolute Gasteiger partial charge is 0.366 e. The van der Waals surface area contributed by atoms with E-state index < -0.39 is 0 Å². The first kappa shape index (κ1) is 18.4. The Morgan fingerprint density at radius 1 is 1.46 bits per heavy atom. The summed E-state index contributed by atoms with van der Waals surface area (Å²) in [5.74, 6) is -0.0265. The Hall–Kier alpha value is -2.35. The summed E-state index contributed by atoms with van der Waals surface area (Å²) in [4.78, 5) is 16.3. The molecule has 1 aliphatic carbocycles. The first-order valence-electron chi connectivity index (χ1n) is 9.16. The van der Waals surface area contributed by atoms with Gasteiger partial charge in [0.1, 0.15) is 5.83 Å². The van der Waals surface area contributed by atoms with E-state index in [1.165, 1.54) is 6.08 Å². The van der Waals surface area contributed by atoms with E-state index in [1.54, 1.807) is 13.1 Å². The zero-order valence-corrected chi connectivity index (χ0v) is 15.9. The minimum atomic E-state index is -0.272. The van der Waals surface area contributed by atoms with Gasteiger partial charge in [-0.05, 0) is 51.3 Å². The van der Waals surface area contributed by atoms with Crippen LogP contribution in [-0.4, -0.2) is 39.9 Å². The van der Waals surface area contributed by atoms with Crippen molar-refractivity contribution in [3.05, 3.63) is 47.5 Å². The van der Waals surface area contributed by atoms with Gasteiger partial charge in [0.15, 0.2) is 0 Å². The van der Waals surface area contributed by atoms with Crippen LogP contribution in [0, 0.1) is 17.2 Å². The number of amides is 1. The van der Waals surface area contributed by atoms with E-state index in [1.807, 2.05) is 28.0 Å². The molecule has 0 aromatic rings. The summed E-state index contributed by atoms with van der Waals surface area (Å²) >= 11 is 0. The van der Waals surface area contributed by atoms with E-state index in [2.05, 4.69) is 26.8 Å². The first-order valence-corrected chi connectivity index (χ1v) is 9.16. The van der Waals surface area contributed by atoms with Gasteiger partial charge in [-0.3, -0.25) is 4.79 Å². The zero-order chi connectivity index (χ0) is 19.1. The Morgan fingerprint density at radius 3 is 2.85 bits per heavy atom. The number of allylic oxidation sites excluding steroid dienone is 4. The second-order valence-electron chi connectivity index (χ2n) is 8.03. The molecule has 0 saturated carbocycles. The normalized spacial score (nSPS) is 30.0. The number of fused-ring (bicyclic) bond motifs is 1. The molecule has 1 amide bonds. The van der Waals surface area contributed by atoms with Crippen molar-refractivity contribution in [2.75, 3.05) is 6.54 Å². The van der Waals surface area contributed by atoms with Gasteiger partial charge in [-0.1, -0.05) is 12.2 Å².